The molecule has 3 heterocycles. The number of rotatable bonds is 2. The van der Waals surface area contributed by atoms with Crippen LogP contribution in [0.5, 0.6) is 0 Å². The van der Waals surface area contributed by atoms with Crippen molar-refractivity contribution in [3.05, 3.63) is 35.9 Å². The van der Waals surface area contributed by atoms with Gasteiger partial charge in [0.2, 0.25) is 0 Å². The normalized spacial score (nSPS) is 37.3. The molecule has 2 aliphatic rings. The monoisotopic (exact) mass is 491 g/mol. The number of esters is 1. The number of pyridine rings is 1. The van der Waals surface area contributed by atoms with Crippen LogP contribution in [0, 0.1) is 17.3 Å². The van der Waals surface area contributed by atoms with E-state index in [9.17, 15) is 19.8 Å². The minimum atomic E-state index is -1.36. The van der Waals surface area contributed by atoms with Crippen molar-refractivity contribution < 1.29 is 33.7 Å². The second kappa shape index (κ2) is 10.8. The summed E-state index contributed by atoms with van der Waals surface area (Å²) in [5, 5.41) is 21.5. The van der Waals surface area contributed by atoms with Gasteiger partial charge in [-0.25, -0.2) is 4.39 Å². The summed E-state index contributed by atoms with van der Waals surface area (Å²) < 4.78 is 26.6. The van der Waals surface area contributed by atoms with Gasteiger partial charge in [0.25, 0.3) is 0 Å². The highest BCUT2D eigenvalue weighted by atomic mass is 19.1. The molecule has 8 heteroatoms. The molecule has 35 heavy (non-hydrogen) atoms. The predicted octanol–water partition coefficient (Wildman–Crippen LogP) is 4.01. The number of hydrogen-bond acceptors (Lipinski definition) is 7. The zero-order valence-corrected chi connectivity index (χ0v) is 21.2. The van der Waals surface area contributed by atoms with Crippen LogP contribution in [-0.2, 0) is 19.1 Å². The van der Waals surface area contributed by atoms with E-state index in [0.29, 0.717) is 18.5 Å². The number of fused-ring (bicyclic) bond motifs is 1. The average Bonchev–Trinajstić information content (AvgIpc) is 3.45. The van der Waals surface area contributed by atoms with E-state index in [1.165, 1.54) is 6.08 Å². The first-order valence-electron chi connectivity index (χ1n) is 12.4. The summed E-state index contributed by atoms with van der Waals surface area (Å²) in [4.78, 5) is 30.0. The number of aliphatic hydroxyl groups excluding tert-OH is 2. The molecule has 0 amide bonds. The number of halogens is 1. The highest BCUT2D eigenvalue weighted by Crippen LogP contribution is 2.45. The highest BCUT2D eigenvalue weighted by Gasteiger charge is 2.53. The van der Waals surface area contributed by atoms with Gasteiger partial charge >= 0.3 is 5.97 Å². The van der Waals surface area contributed by atoms with Crippen LogP contribution in [0.4, 0.5) is 4.39 Å². The Hall–Kier alpha value is -2.16. The molecule has 2 saturated heterocycles. The van der Waals surface area contributed by atoms with Crippen LogP contribution in [0.15, 0.2) is 30.2 Å². The summed E-state index contributed by atoms with van der Waals surface area (Å²) in [6.45, 7) is 8.59. The van der Waals surface area contributed by atoms with Crippen molar-refractivity contribution in [3.63, 3.8) is 0 Å². The summed E-state index contributed by atoms with van der Waals surface area (Å²) >= 11 is 0. The number of nitrogens with zero attached hydrogens (tertiary/aromatic N) is 1. The SMILES string of the molecule is C[C@H]1CCC[C@@]2(C)OC2CC(C(F)=Cc2ccccn2)OC(=O)CC(O)C(C)(C)C(=O)[C@H](C)[C@H]1O. The molecule has 0 bridgehead atoms. The van der Waals surface area contributed by atoms with Crippen LogP contribution < -0.4 is 0 Å². The Labute approximate surface area is 206 Å². The maximum atomic E-state index is 15.3. The number of aliphatic hydroxyl groups is 2. The maximum absolute atomic E-state index is 15.3. The van der Waals surface area contributed by atoms with Gasteiger partial charge in [0.05, 0.1) is 41.4 Å². The van der Waals surface area contributed by atoms with Crippen LogP contribution in [0.3, 0.4) is 0 Å². The topological polar surface area (TPSA) is 109 Å². The lowest BCUT2D eigenvalue weighted by atomic mass is 9.73. The van der Waals surface area contributed by atoms with Crippen molar-refractivity contribution in [2.45, 2.75) is 96.7 Å². The number of carbonyl (C=O) groups excluding carboxylic acids is 2. The van der Waals surface area contributed by atoms with E-state index in [4.69, 9.17) is 9.47 Å². The van der Waals surface area contributed by atoms with Gasteiger partial charge < -0.3 is 19.7 Å². The molecule has 194 valence electrons. The van der Waals surface area contributed by atoms with E-state index in [0.717, 1.165) is 6.42 Å². The number of Topliss-reactive ketones (excluding diaryl/α,β-unsaturated/α-hetero) is 1. The van der Waals surface area contributed by atoms with E-state index in [2.05, 4.69) is 4.98 Å². The van der Waals surface area contributed by atoms with E-state index >= 15 is 4.39 Å². The van der Waals surface area contributed by atoms with Gasteiger partial charge in [-0.1, -0.05) is 40.2 Å². The van der Waals surface area contributed by atoms with Crippen molar-refractivity contribution in [2.75, 3.05) is 0 Å². The lowest BCUT2D eigenvalue weighted by Crippen LogP contribution is -2.45. The Morgan fingerprint density at radius 2 is 1.91 bits per heavy atom. The van der Waals surface area contributed by atoms with Gasteiger partial charge in [0.15, 0.2) is 6.10 Å². The Bertz CT molecular complexity index is 935. The third-order valence-electron chi connectivity index (χ3n) is 7.69. The standard InChI is InChI=1S/C27H38FNO6/c1-16-9-8-11-27(5)22(35-27)14-20(19(28)13-18-10-6-7-12-29-18)34-23(31)15-21(30)26(3,4)25(33)17(2)24(16)32/h6-7,10,12-13,16-17,20-22,24,30,32H,8-9,11,14-15H2,1-5H3/t16-,17+,20?,21?,22?,24-,27+/m0/s1. The first kappa shape index (κ1) is 27.4. The fourth-order valence-electron chi connectivity index (χ4n) is 4.88. The molecule has 2 fully saturated rings. The van der Waals surface area contributed by atoms with Crippen molar-refractivity contribution >= 4 is 17.8 Å². The molecule has 0 spiro atoms. The fourth-order valence-corrected chi connectivity index (χ4v) is 4.88. The van der Waals surface area contributed by atoms with Gasteiger partial charge in [-0.15, -0.1) is 0 Å². The Morgan fingerprint density at radius 1 is 1.20 bits per heavy atom. The van der Waals surface area contributed by atoms with E-state index in [1.807, 2.05) is 13.8 Å². The minimum Gasteiger partial charge on any atom is -0.455 e. The maximum Gasteiger partial charge on any atom is 0.309 e. The highest BCUT2D eigenvalue weighted by molar-refractivity contribution is 5.88. The largest absolute Gasteiger partial charge is 0.455 e. The molecule has 0 radical (unpaired) electrons. The zero-order chi connectivity index (χ0) is 26.0. The molecule has 7 nitrogen and oxygen atoms in total. The Kier molecular flexibility index (Phi) is 8.50. The van der Waals surface area contributed by atoms with Crippen LogP contribution in [0.2, 0.25) is 0 Å². The molecular formula is C27H38FNO6. The van der Waals surface area contributed by atoms with Gasteiger partial charge in [0, 0.05) is 18.5 Å². The van der Waals surface area contributed by atoms with E-state index in [1.54, 1.807) is 45.2 Å². The third kappa shape index (κ3) is 6.54. The Balaban J connectivity index is 1.86. The molecular weight excluding hydrogens is 453 g/mol. The van der Waals surface area contributed by atoms with Crippen molar-refractivity contribution in [1.82, 2.24) is 4.98 Å². The van der Waals surface area contributed by atoms with Crippen LogP contribution >= 0.6 is 0 Å². The molecule has 1 aromatic heterocycles. The number of carbonyl (C=O) groups is 2. The number of cyclic esters (lactones) is 1. The number of epoxide rings is 1. The minimum absolute atomic E-state index is 0.130. The molecule has 7 atom stereocenters. The molecule has 3 rings (SSSR count). The van der Waals surface area contributed by atoms with Crippen molar-refractivity contribution in [1.29, 1.82) is 0 Å². The summed E-state index contributed by atoms with van der Waals surface area (Å²) in [7, 11) is 0. The zero-order valence-electron chi connectivity index (χ0n) is 21.2. The summed E-state index contributed by atoms with van der Waals surface area (Å²) in [6.07, 6.45) is 0.859. The Morgan fingerprint density at radius 3 is 2.57 bits per heavy atom. The molecule has 0 aromatic carbocycles. The molecule has 1 aromatic rings. The van der Waals surface area contributed by atoms with Gasteiger partial charge in [-0.2, -0.15) is 0 Å². The summed E-state index contributed by atoms with van der Waals surface area (Å²) in [6, 6.07) is 5.09. The molecule has 2 aliphatic heterocycles. The number of ketones is 1. The van der Waals surface area contributed by atoms with Crippen LogP contribution in [-0.4, -0.2) is 57.0 Å². The van der Waals surface area contributed by atoms with E-state index < -0.39 is 53.5 Å². The summed E-state index contributed by atoms with van der Waals surface area (Å²) in [5.41, 5.74) is -1.38. The van der Waals surface area contributed by atoms with Gasteiger partial charge in [-0.3, -0.25) is 14.6 Å². The third-order valence-corrected chi connectivity index (χ3v) is 7.69. The van der Waals surface area contributed by atoms with Crippen LogP contribution in [0.25, 0.3) is 6.08 Å². The quantitative estimate of drug-likeness (QED) is 0.475. The van der Waals surface area contributed by atoms with Crippen molar-refractivity contribution in [3.8, 4) is 0 Å². The molecule has 3 unspecified atom stereocenters. The fraction of sp³-hybridized carbons (Fsp3) is 0.667. The predicted molar refractivity (Wildman–Crippen MR) is 129 cm³/mol. The molecule has 0 aliphatic carbocycles. The average molecular weight is 492 g/mol. The lowest BCUT2D eigenvalue weighted by molar-refractivity contribution is -0.155. The second-order valence-electron chi connectivity index (χ2n) is 10.9. The lowest BCUT2D eigenvalue weighted by Gasteiger charge is -2.34. The van der Waals surface area contributed by atoms with Crippen LogP contribution in [0.1, 0.15) is 72.4 Å². The van der Waals surface area contributed by atoms with E-state index in [-0.39, 0.29) is 24.2 Å². The number of aromatic nitrogens is 1. The van der Waals surface area contributed by atoms with Crippen molar-refractivity contribution in [2.24, 2.45) is 17.3 Å². The number of ether oxygens (including phenoxy) is 2. The van der Waals surface area contributed by atoms with Gasteiger partial charge in [-0.05, 0) is 43.9 Å². The van der Waals surface area contributed by atoms with Gasteiger partial charge in [0.1, 0.15) is 11.6 Å². The molecule has 2 N–H and O–H groups in total. The number of hydrogen-bond donors (Lipinski definition) is 2. The second-order valence-corrected chi connectivity index (χ2v) is 10.9. The molecule has 0 saturated carbocycles. The first-order valence-corrected chi connectivity index (χ1v) is 12.4. The summed E-state index contributed by atoms with van der Waals surface area (Å²) in [5.74, 6) is -2.66. The smallest absolute Gasteiger partial charge is 0.309 e. The first-order chi connectivity index (χ1) is 16.3.